The van der Waals surface area contributed by atoms with Crippen molar-refractivity contribution in [2.75, 3.05) is 45.0 Å². The molecule has 0 aliphatic carbocycles. The Morgan fingerprint density at radius 1 is 1.00 bits per heavy atom. The number of ether oxygens (including phenoxy) is 4. The number of benzene rings is 2. The van der Waals surface area contributed by atoms with Gasteiger partial charge in [-0.2, -0.15) is 0 Å². The molecule has 1 amide bonds. The van der Waals surface area contributed by atoms with E-state index in [2.05, 4.69) is 30.8 Å². The Balaban J connectivity index is 1.06. The van der Waals surface area contributed by atoms with E-state index in [1.165, 1.54) is 6.33 Å². The van der Waals surface area contributed by atoms with Crippen molar-refractivity contribution < 1.29 is 33.6 Å². The molecular weight excluding hydrogens is 618 g/mol. The summed E-state index contributed by atoms with van der Waals surface area (Å²) in [6.07, 6.45) is 7.20. The van der Waals surface area contributed by atoms with Crippen LogP contribution in [0.3, 0.4) is 0 Å². The first-order valence-corrected chi connectivity index (χ1v) is 16.0. The van der Waals surface area contributed by atoms with Crippen molar-refractivity contribution in [3.8, 4) is 23.0 Å². The number of carbonyl (C=O) groups is 2. The zero-order valence-electron chi connectivity index (χ0n) is 27.0. The number of carbonyl (C=O) groups excluding carboxylic acids is 1. The first kappa shape index (κ1) is 34.3. The highest BCUT2D eigenvalue weighted by atomic mass is 16.5. The summed E-state index contributed by atoms with van der Waals surface area (Å²) >= 11 is 0. The molecule has 0 spiro atoms. The molecule has 1 aliphatic heterocycles. The highest BCUT2D eigenvalue weighted by Gasteiger charge is 2.24. The largest absolute Gasteiger partial charge is 0.494 e. The Labute approximate surface area is 278 Å². The number of hydrogen-bond acceptors (Lipinski definition) is 11. The van der Waals surface area contributed by atoms with Crippen molar-refractivity contribution in [2.45, 2.75) is 44.7 Å². The number of nitrogens with zero attached hydrogens (tertiary/aromatic N) is 5. The number of fused-ring (bicyclic) bond motifs is 1. The molecule has 0 bridgehead atoms. The van der Waals surface area contributed by atoms with Gasteiger partial charge >= 0.3 is 5.97 Å². The molecule has 1 atom stereocenters. The zero-order valence-corrected chi connectivity index (χ0v) is 27.0. The molecule has 0 radical (unpaired) electrons. The van der Waals surface area contributed by atoms with E-state index < -0.39 is 5.97 Å². The molecule has 14 heteroatoms. The van der Waals surface area contributed by atoms with Gasteiger partial charge in [-0.1, -0.05) is 6.07 Å². The van der Waals surface area contributed by atoms with Crippen LogP contribution >= 0.6 is 0 Å². The number of carboxylic acids is 1. The molecule has 2 aromatic carbocycles. The van der Waals surface area contributed by atoms with Crippen molar-refractivity contribution in [3.05, 3.63) is 78.0 Å². The minimum atomic E-state index is -0.966. The number of aliphatic carboxylic acids is 1. The van der Waals surface area contributed by atoms with E-state index in [-0.39, 0.29) is 18.6 Å². The maximum Gasteiger partial charge on any atom is 0.329 e. The summed E-state index contributed by atoms with van der Waals surface area (Å²) in [5, 5.41) is 23.6. The minimum absolute atomic E-state index is 0.178. The van der Waals surface area contributed by atoms with E-state index >= 15 is 0 Å². The molecule has 2 aromatic heterocycles. The highest BCUT2D eigenvalue weighted by Crippen LogP contribution is 2.35. The minimum Gasteiger partial charge on any atom is -0.494 e. The smallest absolute Gasteiger partial charge is 0.329 e. The predicted molar refractivity (Wildman–Crippen MR) is 176 cm³/mol. The lowest BCUT2D eigenvalue weighted by Gasteiger charge is -2.27. The number of amides is 1. The second-order valence-corrected chi connectivity index (χ2v) is 11.2. The van der Waals surface area contributed by atoms with E-state index in [4.69, 9.17) is 24.1 Å². The molecule has 14 nitrogen and oxygen atoms in total. The molecule has 254 valence electrons. The van der Waals surface area contributed by atoms with Crippen LogP contribution in [-0.4, -0.2) is 81.4 Å². The molecule has 0 fully saturated rings. The molecule has 4 aromatic rings. The lowest BCUT2D eigenvalue weighted by Crippen LogP contribution is -2.32. The van der Waals surface area contributed by atoms with Gasteiger partial charge in [0.05, 0.1) is 25.8 Å². The summed E-state index contributed by atoms with van der Waals surface area (Å²) in [5.74, 6) is 1.69. The number of unbranched alkanes of at least 4 members (excludes halogenated alkanes) is 2. The van der Waals surface area contributed by atoms with Gasteiger partial charge in [-0.05, 0) is 68.1 Å². The normalized spacial score (nSPS) is 13.7. The fourth-order valence-corrected chi connectivity index (χ4v) is 5.16. The summed E-state index contributed by atoms with van der Waals surface area (Å²) in [5.41, 5.74) is 2.90. The molecule has 0 saturated heterocycles. The molecule has 5 rings (SSSR count). The van der Waals surface area contributed by atoms with Crippen molar-refractivity contribution in [1.29, 1.82) is 0 Å². The van der Waals surface area contributed by atoms with Crippen LogP contribution in [0.5, 0.6) is 11.5 Å². The van der Waals surface area contributed by atoms with Gasteiger partial charge in [0, 0.05) is 56.3 Å². The van der Waals surface area contributed by atoms with Gasteiger partial charge in [-0.15, -0.1) is 10.2 Å². The molecule has 0 saturated carbocycles. The number of carboxylic acid groups (broad SMARTS) is 1. The Bertz CT molecular complexity index is 1630. The third-order valence-corrected chi connectivity index (χ3v) is 7.68. The van der Waals surface area contributed by atoms with Crippen molar-refractivity contribution in [1.82, 2.24) is 30.0 Å². The number of rotatable bonds is 19. The molecule has 3 N–H and O–H groups in total. The van der Waals surface area contributed by atoms with E-state index in [9.17, 15) is 9.59 Å². The number of nitrogens with one attached hydrogen (secondary N) is 2. The van der Waals surface area contributed by atoms with Crippen molar-refractivity contribution >= 4 is 17.6 Å². The van der Waals surface area contributed by atoms with Gasteiger partial charge in [0.25, 0.3) is 5.91 Å². The third-order valence-electron chi connectivity index (χ3n) is 7.68. The molecule has 48 heavy (non-hydrogen) atoms. The number of anilines is 1. The van der Waals surface area contributed by atoms with Crippen LogP contribution in [0.2, 0.25) is 0 Å². The summed E-state index contributed by atoms with van der Waals surface area (Å²) < 4.78 is 24.3. The Morgan fingerprint density at radius 2 is 1.85 bits per heavy atom. The topological polar surface area (TPSA) is 172 Å². The lowest BCUT2D eigenvalue weighted by atomic mass is 9.99. The van der Waals surface area contributed by atoms with E-state index in [0.29, 0.717) is 69.5 Å². The maximum absolute atomic E-state index is 13.4. The van der Waals surface area contributed by atoms with Gasteiger partial charge < -0.3 is 39.3 Å². The quantitative estimate of drug-likeness (QED) is 0.123. The average Bonchev–Trinajstić information content (AvgIpc) is 3.48. The van der Waals surface area contributed by atoms with Gasteiger partial charge in [-0.25, -0.2) is 14.8 Å². The van der Waals surface area contributed by atoms with Gasteiger partial charge in [0.15, 0.2) is 11.6 Å². The fraction of sp³-hybridized carbons (Fsp3) is 0.412. The second-order valence-electron chi connectivity index (χ2n) is 11.2. The maximum atomic E-state index is 13.4. The molecular formula is C34H41N7O7. The van der Waals surface area contributed by atoms with Gasteiger partial charge in [-0.3, -0.25) is 4.79 Å². The fourth-order valence-electron chi connectivity index (χ4n) is 5.16. The van der Waals surface area contributed by atoms with Gasteiger partial charge in [0.2, 0.25) is 0 Å². The van der Waals surface area contributed by atoms with Crippen LogP contribution in [0.25, 0.3) is 11.5 Å². The van der Waals surface area contributed by atoms with E-state index in [0.717, 1.165) is 47.8 Å². The van der Waals surface area contributed by atoms with Crippen LogP contribution in [0.15, 0.2) is 61.1 Å². The standard InChI is InChI=1S/C34H41N7O7/c1-41-31(39-40-33(41)29-11-13-35-23-37-29)21-36-25-8-5-7-24(19-25)34(44)38-28-12-18-48-30-10-9-26(20-27(28)30)47-17-4-2-3-14-45-15-6-16-46-22-32(42)43/h5,7-11,13,19-20,23,28,36H,2-4,6,12,14-18,21-22H2,1H3,(H,38,44)(H,42,43). The van der Waals surface area contributed by atoms with Crippen LogP contribution in [0.1, 0.15) is 59.9 Å². The molecule has 1 aliphatic rings. The Morgan fingerprint density at radius 3 is 2.71 bits per heavy atom. The highest BCUT2D eigenvalue weighted by molar-refractivity contribution is 5.95. The van der Waals surface area contributed by atoms with Crippen LogP contribution < -0.4 is 20.1 Å². The summed E-state index contributed by atoms with van der Waals surface area (Å²) in [7, 11) is 1.88. The van der Waals surface area contributed by atoms with Crippen LogP contribution in [-0.2, 0) is 27.9 Å². The SMILES string of the molecule is Cn1c(CNc2cccc(C(=O)NC3CCOc4ccc(OCCCCCOCCCOCC(=O)O)cc43)c2)nnc1-c1ccncn1. The summed E-state index contributed by atoms with van der Waals surface area (Å²) in [6.45, 7) is 2.77. The first-order chi connectivity index (χ1) is 23.5. The molecule has 3 heterocycles. The van der Waals surface area contributed by atoms with E-state index in [1.807, 2.05) is 48.0 Å². The van der Waals surface area contributed by atoms with Crippen molar-refractivity contribution in [2.24, 2.45) is 7.05 Å². The van der Waals surface area contributed by atoms with E-state index in [1.54, 1.807) is 18.3 Å². The van der Waals surface area contributed by atoms with Crippen LogP contribution in [0, 0.1) is 0 Å². The Kier molecular flexibility index (Phi) is 12.7. The number of aromatic nitrogens is 5. The number of hydrogen-bond donors (Lipinski definition) is 3. The third kappa shape index (κ3) is 9.96. The lowest BCUT2D eigenvalue weighted by molar-refractivity contribution is -0.142. The monoisotopic (exact) mass is 659 g/mol. The van der Waals surface area contributed by atoms with Crippen LogP contribution in [0.4, 0.5) is 5.69 Å². The summed E-state index contributed by atoms with van der Waals surface area (Å²) in [4.78, 5) is 32.0. The zero-order chi connectivity index (χ0) is 33.6. The van der Waals surface area contributed by atoms with Crippen molar-refractivity contribution in [3.63, 3.8) is 0 Å². The second kappa shape index (κ2) is 17.7. The predicted octanol–water partition coefficient (Wildman–Crippen LogP) is 4.19. The molecule has 1 unspecified atom stereocenters. The summed E-state index contributed by atoms with van der Waals surface area (Å²) in [6, 6.07) is 14.7. The Hall–Kier alpha value is -5.08. The average molecular weight is 660 g/mol. The first-order valence-electron chi connectivity index (χ1n) is 16.0. The van der Waals surface area contributed by atoms with Gasteiger partial charge in [0.1, 0.15) is 30.1 Å².